The van der Waals surface area contributed by atoms with E-state index in [9.17, 15) is 14.9 Å². The van der Waals surface area contributed by atoms with Crippen molar-refractivity contribution < 1.29 is 14.5 Å². The lowest BCUT2D eigenvalue weighted by Crippen LogP contribution is -2.21. The topological polar surface area (TPSA) is 112 Å². The van der Waals surface area contributed by atoms with Gasteiger partial charge in [-0.05, 0) is 30.3 Å². The summed E-state index contributed by atoms with van der Waals surface area (Å²) >= 11 is 5.99. The number of nitro benzene ring substituents is 1. The molecule has 0 aliphatic carbocycles. The zero-order valence-corrected chi connectivity index (χ0v) is 14.0. The van der Waals surface area contributed by atoms with E-state index in [-0.39, 0.29) is 12.3 Å². The Hall–Kier alpha value is -3.46. The SMILES string of the molecule is O=C(COc1ccc([N+](=O)[O-])cc1)Nc1cc(Cl)ccc1-n1cncn1. The second-order valence-electron chi connectivity index (χ2n) is 5.09. The molecule has 3 aromatic rings. The number of non-ortho nitro benzene ring substituents is 1. The average Bonchev–Trinajstić information content (AvgIpc) is 3.15. The molecule has 0 aliphatic heterocycles. The summed E-state index contributed by atoms with van der Waals surface area (Å²) in [4.78, 5) is 26.1. The summed E-state index contributed by atoms with van der Waals surface area (Å²) in [6.45, 7) is -0.277. The van der Waals surface area contributed by atoms with Crippen molar-refractivity contribution in [3.8, 4) is 11.4 Å². The molecule has 0 spiro atoms. The van der Waals surface area contributed by atoms with Crippen LogP contribution in [0.2, 0.25) is 5.02 Å². The fourth-order valence-electron chi connectivity index (χ4n) is 2.14. The number of rotatable bonds is 6. The van der Waals surface area contributed by atoms with Crippen LogP contribution in [0.1, 0.15) is 0 Å². The lowest BCUT2D eigenvalue weighted by molar-refractivity contribution is -0.384. The van der Waals surface area contributed by atoms with E-state index in [1.54, 1.807) is 18.2 Å². The Morgan fingerprint density at radius 1 is 1.27 bits per heavy atom. The quantitative estimate of drug-likeness (QED) is 0.525. The molecular weight excluding hydrogens is 362 g/mol. The number of nitrogens with one attached hydrogen (secondary N) is 1. The Labute approximate surface area is 152 Å². The van der Waals surface area contributed by atoms with Gasteiger partial charge in [-0.1, -0.05) is 11.6 Å². The first-order chi connectivity index (χ1) is 12.5. The Morgan fingerprint density at radius 3 is 2.69 bits per heavy atom. The summed E-state index contributed by atoms with van der Waals surface area (Å²) in [5.74, 6) is -0.0830. The van der Waals surface area contributed by atoms with Crippen LogP contribution in [0.25, 0.3) is 5.69 Å². The summed E-state index contributed by atoms with van der Waals surface area (Å²) < 4.78 is 6.82. The maximum Gasteiger partial charge on any atom is 0.269 e. The smallest absolute Gasteiger partial charge is 0.269 e. The number of benzene rings is 2. The van der Waals surface area contributed by atoms with Crippen LogP contribution in [-0.2, 0) is 4.79 Å². The van der Waals surface area contributed by atoms with Crippen molar-refractivity contribution in [3.63, 3.8) is 0 Å². The van der Waals surface area contributed by atoms with Crippen molar-refractivity contribution >= 4 is 28.9 Å². The highest BCUT2D eigenvalue weighted by atomic mass is 35.5. The summed E-state index contributed by atoms with van der Waals surface area (Å²) in [6.07, 6.45) is 2.87. The number of anilines is 1. The number of ether oxygens (including phenoxy) is 1. The minimum Gasteiger partial charge on any atom is -0.484 e. The molecule has 0 saturated carbocycles. The molecule has 0 unspecified atom stereocenters. The third-order valence-corrected chi connectivity index (χ3v) is 3.55. The van der Waals surface area contributed by atoms with Crippen LogP contribution in [0.5, 0.6) is 5.75 Å². The minimum absolute atomic E-state index is 0.0572. The van der Waals surface area contributed by atoms with Gasteiger partial charge in [0.25, 0.3) is 11.6 Å². The number of hydrogen-bond donors (Lipinski definition) is 1. The molecule has 1 aromatic heterocycles. The molecule has 2 aromatic carbocycles. The van der Waals surface area contributed by atoms with Gasteiger partial charge in [-0.25, -0.2) is 9.67 Å². The van der Waals surface area contributed by atoms with Crippen LogP contribution in [0, 0.1) is 10.1 Å². The lowest BCUT2D eigenvalue weighted by atomic mass is 10.2. The van der Waals surface area contributed by atoms with Gasteiger partial charge in [0.1, 0.15) is 18.4 Å². The maximum atomic E-state index is 12.2. The number of hydrogen-bond acceptors (Lipinski definition) is 6. The maximum absolute atomic E-state index is 12.2. The predicted molar refractivity (Wildman–Crippen MR) is 93.6 cm³/mol. The van der Waals surface area contributed by atoms with E-state index in [2.05, 4.69) is 15.4 Å². The highest BCUT2D eigenvalue weighted by Crippen LogP contribution is 2.24. The molecule has 1 amide bonds. The number of carbonyl (C=O) groups excluding carboxylic acids is 1. The summed E-state index contributed by atoms with van der Waals surface area (Å²) in [5, 5.41) is 17.8. The number of halogens is 1. The van der Waals surface area contributed by atoms with Gasteiger partial charge in [0.15, 0.2) is 6.61 Å². The van der Waals surface area contributed by atoms with Gasteiger partial charge < -0.3 is 10.1 Å². The van der Waals surface area contributed by atoms with Crippen molar-refractivity contribution in [2.24, 2.45) is 0 Å². The molecular formula is C16H12ClN5O4. The van der Waals surface area contributed by atoms with E-state index in [0.29, 0.717) is 22.1 Å². The predicted octanol–water partition coefficient (Wildman–Crippen LogP) is 2.85. The fourth-order valence-corrected chi connectivity index (χ4v) is 2.31. The van der Waals surface area contributed by atoms with E-state index in [4.69, 9.17) is 16.3 Å². The second-order valence-corrected chi connectivity index (χ2v) is 5.53. The normalized spacial score (nSPS) is 10.3. The third kappa shape index (κ3) is 4.14. The molecule has 0 bridgehead atoms. The van der Waals surface area contributed by atoms with Crippen molar-refractivity contribution in [3.05, 3.63) is 70.3 Å². The van der Waals surface area contributed by atoms with E-state index in [1.165, 1.54) is 41.6 Å². The monoisotopic (exact) mass is 373 g/mol. The molecule has 9 nitrogen and oxygen atoms in total. The van der Waals surface area contributed by atoms with Crippen LogP contribution in [-0.4, -0.2) is 32.2 Å². The first kappa shape index (κ1) is 17.4. The summed E-state index contributed by atoms with van der Waals surface area (Å²) in [5.41, 5.74) is 0.981. The zero-order chi connectivity index (χ0) is 18.5. The van der Waals surface area contributed by atoms with Crippen LogP contribution in [0.4, 0.5) is 11.4 Å². The first-order valence-corrected chi connectivity index (χ1v) is 7.72. The van der Waals surface area contributed by atoms with Crippen molar-refractivity contribution in [2.45, 2.75) is 0 Å². The molecule has 132 valence electrons. The molecule has 1 N–H and O–H groups in total. The lowest BCUT2D eigenvalue weighted by Gasteiger charge is -2.12. The van der Waals surface area contributed by atoms with E-state index in [1.807, 2.05) is 0 Å². The Morgan fingerprint density at radius 2 is 2.04 bits per heavy atom. The van der Waals surface area contributed by atoms with Gasteiger partial charge in [-0.3, -0.25) is 14.9 Å². The van der Waals surface area contributed by atoms with Crippen molar-refractivity contribution in [2.75, 3.05) is 11.9 Å². The molecule has 0 radical (unpaired) electrons. The Kier molecular flexibility index (Phi) is 5.09. The zero-order valence-electron chi connectivity index (χ0n) is 13.2. The van der Waals surface area contributed by atoms with Crippen LogP contribution in [0.3, 0.4) is 0 Å². The van der Waals surface area contributed by atoms with Crippen molar-refractivity contribution in [1.82, 2.24) is 14.8 Å². The molecule has 0 saturated heterocycles. The molecule has 0 aliphatic rings. The van der Waals surface area contributed by atoms with E-state index in [0.717, 1.165) is 0 Å². The third-order valence-electron chi connectivity index (χ3n) is 3.32. The molecule has 3 rings (SSSR count). The number of nitrogens with zero attached hydrogens (tertiary/aromatic N) is 4. The van der Waals surface area contributed by atoms with Crippen molar-refractivity contribution in [1.29, 1.82) is 0 Å². The number of nitro groups is 1. The molecule has 0 atom stereocenters. The summed E-state index contributed by atoms with van der Waals surface area (Å²) in [7, 11) is 0. The minimum atomic E-state index is -0.513. The highest BCUT2D eigenvalue weighted by molar-refractivity contribution is 6.31. The molecule has 26 heavy (non-hydrogen) atoms. The van der Waals surface area contributed by atoms with Gasteiger partial charge in [-0.2, -0.15) is 5.10 Å². The molecule has 0 fully saturated rings. The van der Waals surface area contributed by atoms with Crippen LogP contribution >= 0.6 is 11.6 Å². The van der Waals surface area contributed by atoms with Gasteiger partial charge >= 0.3 is 0 Å². The van der Waals surface area contributed by atoms with Gasteiger partial charge in [0, 0.05) is 17.2 Å². The number of aromatic nitrogens is 3. The fraction of sp³-hybridized carbons (Fsp3) is 0.0625. The Balaban J connectivity index is 1.67. The number of amides is 1. The molecule has 1 heterocycles. The molecule has 10 heteroatoms. The van der Waals surface area contributed by atoms with Gasteiger partial charge in [-0.15, -0.1) is 0 Å². The Bertz CT molecular complexity index is 928. The highest BCUT2D eigenvalue weighted by Gasteiger charge is 2.11. The summed E-state index contributed by atoms with van der Waals surface area (Å²) in [6, 6.07) is 10.4. The van der Waals surface area contributed by atoms with Crippen LogP contribution < -0.4 is 10.1 Å². The standard InChI is InChI=1S/C16H12ClN5O4/c17-11-1-6-15(21-10-18-9-19-21)14(7-11)20-16(23)8-26-13-4-2-12(3-5-13)22(24)25/h1-7,9-10H,8H2,(H,20,23). The first-order valence-electron chi connectivity index (χ1n) is 7.34. The second kappa shape index (κ2) is 7.62. The van der Waals surface area contributed by atoms with E-state index >= 15 is 0 Å². The average molecular weight is 374 g/mol. The largest absolute Gasteiger partial charge is 0.484 e. The van der Waals surface area contributed by atoms with Gasteiger partial charge in [0.2, 0.25) is 0 Å². The number of carbonyl (C=O) groups is 1. The van der Waals surface area contributed by atoms with E-state index < -0.39 is 10.8 Å². The van der Waals surface area contributed by atoms with Gasteiger partial charge in [0.05, 0.1) is 16.3 Å². The van der Waals surface area contributed by atoms with Crippen LogP contribution in [0.15, 0.2) is 55.1 Å².